The predicted molar refractivity (Wildman–Crippen MR) is 254 cm³/mol. The number of ether oxygens (including phenoxy) is 2. The molecule has 0 saturated heterocycles. The number of unbranched alkanes of at least 4 members (excludes halogenated alkanes) is 23. The Kier molecular flexibility index (Phi) is 41.7. The average molecular weight is 955 g/mol. The number of guanidine groups is 1. The number of aliphatic imine (C=N–C) groups is 1. The summed E-state index contributed by atoms with van der Waals surface area (Å²) in [5, 5.41) is 0. The number of alkyl halides is 1. The molecule has 0 fully saturated rings. The minimum atomic E-state index is -3.43. The fourth-order valence-electron chi connectivity index (χ4n) is 7.30. The maximum Gasteiger partial charge on any atom is 0.306 e. The van der Waals surface area contributed by atoms with Crippen molar-refractivity contribution in [1.82, 2.24) is 9.62 Å². The van der Waals surface area contributed by atoms with Gasteiger partial charge in [0.1, 0.15) is 6.10 Å². The third-order valence-electron chi connectivity index (χ3n) is 10.8. The number of sulfonamides is 1. The summed E-state index contributed by atoms with van der Waals surface area (Å²) in [6.45, 7) is 8.40. The highest BCUT2D eigenvalue weighted by Crippen LogP contribution is 2.19. The van der Waals surface area contributed by atoms with Crippen LogP contribution in [0.25, 0.3) is 0 Å². The molecule has 58 heavy (non-hydrogen) atoms. The minimum Gasteiger partial charge on any atom is -0.466 e. The van der Waals surface area contributed by atoms with Crippen LogP contribution < -0.4 is 10.5 Å². The van der Waals surface area contributed by atoms with Crippen molar-refractivity contribution < 1.29 is 27.5 Å². The van der Waals surface area contributed by atoms with Crippen molar-refractivity contribution in [2.75, 3.05) is 43.5 Å². The largest absolute Gasteiger partial charge is 0.466 e. The van der Waals surface area contributed by atoms with E-state index in [1.165, 1.54) is 94.3 Å². The van der Waals surface area contributed by atoms with Crippen molar-refractivity contribution >= 4 is 50.5 Å². The van der Waals surface area contributed by atoms with Crippen LogP contribution in [0.2, 0.25) is 0 Å². The number of carbonyl (C=O) groups excluding carboxylic acids is 2. The molecule has 0 saturated carbocycles. The quantitative estimate of drug-likeness (QED) is 0.0154. The van der Waals surface area contributed by atoms with E-state index in [1.54, 1.807) is 0 Å². The Labute approximate surface area is 371 Å². The lowest BCUT2D eigenvalue weighted by Gasteiger charge is -2.22. The number of nitrogens with zero attached hydrogens (tertiary/aromatic N) is 2. The molecule has 3 N–H and O–H groups in total. The van der Waals surface area contributed by atoms with E-state index in [-0.39, 0.29) is 24.0 Å². The molecular formula is C46H91IN4O6S. The zero-order valence-electron chi connectivity index (χ0n) is 37.9. The first-order chi connectivity index (χ1) is 28.1. The molecule has 0 aromatic carbocycles. The van der Waals surface area contributed by atoms with E-state index in [2.05, 4.69) is 51.1 Å². The molecule has 0 aliphatic rings. The molecule has 0 amide bonds. The smallest absolute Gasteiger partial charge is 0.306 e. The van der Waals surface area contributed by atoms with Crippen molar-refractivity contribution in [2.24, 2.45) is 10.7 Å². The summed E-state index contributed by atoms with van der Waals surface area (Å²) >= 11 is 2.46. The minimum absolute atomic E-state index is 0.0131. The maximum atomic E-state index is 12.8. The monoisotopic (exact) mass is 955 g/mol. The van der Waals surface area contributed by atoms with Crippen LogP contribution in [-0.2, 0) is 29.1 Å². The standard InChI is InChI=1S/C46H91IN4O6S/c1-4-6-8-10-12-23-31-42-56-44(52)35-26-18-14-21-29-39-51(41-32-38-49-46(48)50-58(3,54)55)40-30-22-15-19-27-36-45(53)57-43(33-24-16-11-9-7-5-2)34-25-17-13-20-28-37-47/h43H,4-42H2,1-3H3,(H3,48,49,50). The first kappa shape index (κ1) is 56.9. The molecule has 0 spiro atoms. The fourth-order valence-corrected chi connectivity index (χ4v) is 8.28. The zero-order chi connectivity index (χ0) is 42.8. The Morgan fingerprint density at radius 1 is 0.603 bits per heavy atom. The van der Waals surface area contributed by atoms with Crippen LogP contribution in [0, 0.1) is 0 Å². The number of hydrogen-bond acceptors (Lipinski definition) is 8. The highest BCUT2D eigenvalue weighted by molar-refractivity contribution is 14.1. The lowest BCUT2D eigenvalue weighted by atomic mass is 10.0. The molecule has 0 rings (SSSR count). The van der Waals surface area contributed by atoms with Crippen LogP contribution in [0.4, 0.5) is 0 Å². The lowest BCUT2D eigenvalue weighted by molar-refractivity contribution is -0.150. The molecule has 1 atom stereocenters. The Morgan fingerprint density at radius 3 is 1.55 bits per heavy atom. The van der Waals surface area contributed by atoms with Crippen LogP contribution in [-0.4, -0.2) is 80.8 Å². The third kappa shape index (κ3) is 43.0. The summed E-state index contributed by atoms with van der Waals surface area (Å²) in [6, 6.07) is 0. The number of nitrogens with two attached hydrogens (primary N) is 1. The maximum absolute atomic E-state index is 12.8. The van der Waals surface area contributed by atoms with Gasteiger partial charge in [0.25, 0.3) is 0 Å². The van der Waals surface area contributed by atoms with E-state index < -0.39 is 10.0 Å². The van der Waals surface area contributed by atoms with E-state index >= 15 is 0 Å². The van der Waals surface area contributed by atoms with Gasteiger partial charge in [0.2, 0.25) is 16.0 Å². The molecule has 1 unspecified atom stereocenters. The summed E-state index contributed by atoms with van der Waals surface area (Å²) < 4.78 is 37.8. The first-order valence-electron chi connectivity index (χ1n) is 24.0. The zero-order valence-corrected chi connectivity index (χ0v) is 40.8. The number of nitrogens with one attached hydrogen (secondary N) is 1. The highest BCUT2D eigenvalue weighted by atomic mass is 127. The highest BCUT2D eigenvalue weighted by Gasteiger charge is 2.14. The van der Waals surface area contributed by atoms with Crippen molar-refractivity contribution in [1.29, 1.82) is 0 Å². The predicted octanol–water partition coefficient (Wildman–Crippen LogP) is 12.0. The second-order valence-electron chi connectivity index (χ2n) is 16.6. The summed E-state index contributed by atoms with van der Waals surface area (Å²) in [4.78, 5) is 31.6. The molecule has 0 bridgehead atoms. The van der Waals surface area contributed by atoms with Gasteiger partial charge in [0.05, 0.1) is 12.9 Å². The molecule has 0 heterocycles. The SMILES string of the molecule is CCCCCCCCCOC(=O)CCCCCCCN(CCCCCCCC(=O)OC(CCCCCCCC)CCCCCCCI)CCCN=C(N)NS(C)(=O)=O. The van der Waals surface area contributed by atoms with Gasteiger partial charge < -0.3 is 20.1 Å². The molecule has 0 aliphatic heterocycles. The van der Waals surface area contributed by atoms with Gasteiger partial charge in [0.15, 0.2) is 0 Å². The first-order valence-corrected chi connectivity index (χ1v) is 27.4. The third-order valence-corrected chi connectivity index (χ3v) is 12.1. The van der Waals surface area contributed by atoms with Gasteiger partial charge in [-0.1, -0.05) is 165 Å². The summed E-state index contributed by atoms with van der Waals surface area (Å²) in [7, 11) is -3.43. The topological polar surface area (TPSA) is 140 Å². The Bertz CT molecular complexity index is 1060. The van der Waals surface area contributed by atoms with Crippen LogP contribution in [0.1, 0.15) is 226 Å². The summed E-state index contributed by atoms with van der Waals surface area (Å²) in [5.41, 5.74) is 5.73. The van der Waals surface area contributed by atoms with Crippen LogP contribution >= 0.6 is 22.6 Å². The number of halogens is 1. The number of rotatable bonds is 44. The second-order valence-corrected chi connectivity index (χ2v) is 19.5. The van der Waals surface area contributed by atoms with Gasteiger partial charge in [-0.3, -0.25) is 19.3 Å². The molecule has 0 aliphatic carbocycles. The van der Waals surface area contributed by atoms with Crippen molar-refractivity contribution in [3.63, 3.8) is 0 Å². The van der Waals surface area contributed by atoms with Gasteiger partial charge in [-0.25, -0.2) is 8.42 Å². The van der Waals surface area contributed by atoms with E-state index in [1.807, 2.05) is 0 Å². The van der Waals surface area contributed by atoms with Gasteiger partial charge >= 0.3 is 11.9 Å². The van der Waals surface area contributed by atoms with Crippen LogP contribution in [0.3, 0.4) is 0 Å². The van der Waals surface area contributed by atoms with Gasteiger partial charge in [0, 0.05) is 19.4 Å². The van der Waals surface area contributed by atoms with Gasteiger partial charge in [-0.05, 0) is 94.7 Å². The van der Waals surface area contributed by atoms with Crippen molar-refractivity contribution in [2.45, 2.75) is 232 Å². The molecule has 0 radical (unpaired) electrons. The summed E-state index contributed by atoms with van der Waals surface area (Å²) in [5.74, 6) is -0.135. The van der Waals surface area contributed by atoms with Crippen LogP contribution in [0.5, 0.6) is 0 Å². The second kappa shape index (κ2) is 42.5. The Hall–Kier alpha value is -1.15. The van der Waals surface area contributed by atoms with E-state index in [9.17, 15) is 18.0 Å². The number of carbonyl (C=O) groups is 2. The molecule has 10 nitrogen and oxygen atoms in total. The van der Waals surface area contributed by atoms with Gasteiger partial charge in [-0.15, -0.1) is 0 Å². The Balaban J connectivity index is 4.49. The lowest BCUT2D eigenvalue weighted by Crippen LogP contribution is -2.36. The fraction of sp³-hybridized carbons (Fsp3) is 0.935. The molecule has 0 aromatic heterocycles. The number of esters is 2. The van der Waals surface area contributed by atoms with E-state index in [0.717, 1.165) is 135 Å². The van der Waals surface area contributed by atoms with Crippen molar-refractivity contribution in [3.05, 3.63) is 0 Å². The molecule has 344 valence electrons. The summed E-state index contributed by atoms with van der Waals surface area (Å²) in [6.07, 6.45) is 37.9. The van der Waals surface area contributed by atoms with E-state index in [4.69, 9.17) is 15.2 Å². The number of hydrogen-bond donors (Lipinski definition) is 2. The molecule has 12 heteroatoms. The molecule has 0 aromatic rings. The normalized spacial score (nSPS) is 12.6. The van der Waals surface area contributed by atoms with E-state index in [0.29, 0.717) is 26.0 Å². The Morgan fingerprint density at radius 2 is 1.03 bits per heavy atom. The van der Waals surface area contributed by atoms with Crippen LogP contribution in [0.15, 0.2) is 4.99 Å². The van der Waals surface area contributed by atoms with Gasteiger partial charge in [-0.2, -0.15) is 0 Å². The average Bonchev–Trinajstić information content (AvgIpc) is 3.18. The van der Waals surface area contributed by atoms with Crippen molar-refractivity contribution in [3.8, 4) is 0 Å². The molecular weight excluding hydrogens is 863 g/mol.